The molecule has 0 radical (unpaired) electrons. The Morgan fingerprint density at radius 3 is 2.04 bits per heavy atom. The second-order valence-corrected chi connectivity index (χ2v) is 19.6. The summed E-state index contributed by atoms with van der Waals surface area (Å²) in [7, 11) is -2.18. The Hall–Kier alpha value is -2.98. The lowest BCUT2D eigenvalue weighted by atomic mass is 9.74. The summed E-state index contributed by atoms with van der Waals surface area (Å²) in [4.78, 5) is 69.0. The number of hydrogen-bond acceptors (Lipinski definition) is 9. The van der Waals surface area contributed by atoms with Gasteiger partial charge in [-0.2, -0.15) is 17.0 Å². The van der Waals surface area contributed by atoms with Crippen molar-refractivity contribution in [3.05, 3.63) is 25.3 Å². The molecule has 2 rings (SSSR count). The van der Waals surface area contributed by atoms with Crippen molar-refractivity contribution in [1.29, 1.82) is 0 Å². The molecule has 0 aromatic rings. The highest BCUT2D eigenvalue weighted by molar-refractivity contribution is 7.86. The summed E-state index contributed by atoms with van der Waals surface area (Å²) in [5.74, 6) is -2.93. The van der Waals surface area contributed by atoms with Gasteiger partial charge in [0, 0.05) is 45.8 Å². The zero-order valence-corrected chi connectivity index (χ0v) is 35.3. The summed E-state index contributed by atoms with van der Waals surface area (Å²) in [6.07, 6.45) is 6.66. The number of aldehydes is 1. The lowest BCUT2D eigenvalue weighted by Gasteiger charge is -2.41. The fourth-order valence-corrected chi connectivity index (χ4v) is 8.57. The highest BCUT2D eigenvalue weighted by atomic mass is 32.2. The average Bonchev–Trinajstić information content (AvgIpc) is 3.57. The molecule has 54 heavy (non-hydrogen) atoms. The van der Waals surface area contributed by atoms with Crippen LogP contribution in [0.3, 0.4) is 0 Å². The Morgan fingerprint density at radius 1 is 0.926 bits per heavy atom. The first kappa shape index (κ1) is 47.2. The monoisotopic (exact) mass is 779 g/mol. The molecule has 2 fully saturated rings. The van der Waals surface area contributed by atoms with E-state index >= 15 is 0 Å². The van der Waals surface area contributed by atoms with Gasteiger partial charge in [-0.25, -0.2) is 0 Å². The smallest absolute Gasteiger partial charge is 0.289 e. The van der Waals surface area contributed by atoms with Crippen molar-refractivity contribution in [1.82, 2.24) is 34.8 Å². The molecular formula is C39H69N7O7S. The van der Waals surface area contributed by atoms with Gasteiger partial charge in [-0.05, 0) is 47.8 Å². The minimum atomic E-state index is -3.73. The van der Waals surface area contributed by atoms with Gasteiger partial charge in [0.15, 0.2) is 6.29 Å². The minimum absolute atomic E-state index is 0.0818. The molecular weight excluding hydrogens is 711 g/mol. The first-order valence-corrected chi connectivity index (χ1v) is 20.7. The van der Waals surface area contributed by atoms with E-state index in [1.165, 1.54) is 19.6 Å². The molecule has 2 aliphatic rings. The summed E-state index contributed by atoms with van der Waals surface area (Å²) < 4.78 is 29.8. The van der Waals surface area contributed by atoms with Crippen molar-refractivity contribution < 1.29 is 32.4 Å². The predicted octanol–water partition coefficient (Wildman–Crippen LogP) is 2.77. The molecule has 4 N–H and O–H groups in total. The molecule has 0 spiro atoms. The molecule has 308 valence electrons. The van der Waals surface area contributed by atoms with Crippen LogP contribution in [0.15, 0.2) is 25.3 Å². The number of carbonyl (C=O) groups excluding carboxylic acids is 5. The number of piperidine rings is 1. The number of likely N-dealkylation sites (tertiary alicyclic amines) is 1. The van der Waals surface area contributed by atoms with Crippen molar-refractivity contribution in [2.24, 2.45) is 22.2 Å². The van der Waals surface area contributed by atoms with E-state index in [0.29, 0.717) is 32.2 Å². The van der Waals surface area contributed by atoms with Crippen LogP contribution in [0, 0.1) is 22.2 Å². The maximum atomic E-state index is 14.7. The lowest BCUT2D eigenvalue weighted by Crippen LogP contribution is -2.65. The Labute approximate surface area is 324 Å². The highest BCUT2D eigenvalue weighted by Crippen LogP contribution is 2.41. The van der Waals surface area contributed by atoms with Gasteiger partial charge in [-0.15, -0.1) is 13.2 Å². The number of Topliss-reactive ketones (excluding diaryl/α,β-unsaturated/α-hetero) is 1. The Balaban J connectivity index is 2.44. The van der Waals surface area contributed by atoms with Crippen LogP contribution in [0.25, 0.3) is 0 Å². The number of likely N-dealkylation sites (N-methyl/N-ethyl adjacent to an activating group) is 1. The molecule has 2 saturated heterocycles. The third-order valence-electron chi connectivity index (χ3n) is 10.8. The van der Waals surface area contributed by atoms with Crippen LogP contribution in [0.2, 0.25) is 0 Å². The molecule has 0 aliphatic carbocycles. The first-order chi connectivity index (χ1) is 25.0. The van der Waals surface area contributed by atoms with Crippen LogP contribution in [0.5, 0.6) is 0 Å². The third kappa shape index (κ3) is 12.3. The predicted molar refractivity (Wildman–Crippen MR) is 212 cm³/mol. The molecule has 0 aromatic heterocycles. The van der Waals surface area contributed by atoms with E-state index in [1.54, 1.807) is 13.1 Å². The molecule has 0 bridgehead atoms. The summed E-state index contributed by atoms with van der Waals surface area (Å²) in [6.45, 7) is 26.1. The zero-order valence-electron chi connectivity index (χ0n) is 34.5. The number of rotatable bonds is 20. The van der Waals surface area contributed by atoms with Gasteiger partial charge in [0.25, 0.3) is 16.1 Å². The maximum Gasteiger partial charge on any atom is 0.289 e. The van der Waals surface area contributed by atoms with Gasteiger partial charge >= 0.3 is 0 Å². The summed E-state index contributed by atoms with van der Waals surface area (Å²) >= 11 is 0. The van der Waals surface area contributed by atoms with E-state index in [9.17, 15) is 32.4 Å². The SMILES string of the molecule is C=CCNC(=O)C(=O)C(CCC)NC(=O)[C@@H]1[C@@H](C(C)(C)C=C)CCN1C(=O)[C@@H](NC(C=O)N[C@H](CN(C)S(=O)(=O)N1CCCCC1)C(C)(C)C)C(C)(C)C. The molecule has 14 nitrogen and oxygen atoms in total. The molecule has 2 unspecified atom stereocenters. The number of allylic oxidation sites excluding steroid dienone is 1. The van der Waals surface area contributed by atoms with E-state index in [1.807, 2.05) is 62.3 Å². The van der Waals surface area contributed by atoms with E-state index in [4.69, 9.17) is 0 Å². The minimum Gasteiger partial charge on any atom is -0.346 e. The van der Waals surface area contributed by atoms with Crippen LogP contribution < -0.4 is 21.3 Å². The molecule has 6 atom stereocenters. The number of hydrogen-bond donors (Lipinski definition) is 4. The van der Waals surface area contributed by atoms with E-state index in [-0.39, 0.29) is 32.0 Å². The highest BCUT2D eigenvalue weighted by Gasteiger charge is 2.50. The van der Waals surface area contributed by atoms with Crippen LogP contribution in [0.4, 0.5) is 0 Å². The van der Waals surface area contributed by atoms with Gasteiger partial charge in [0.2, 0.25) is 17.6 Å². The largest absolute Gasteiger partial charge is 0.346 e. The molecule has 2 heterocycles. The van der Waals surface area contributed by atoms with Crippen LogP contribution in [0.1, 0.15) is 101 Å². The van der Waals surface area contributed by atoms with Gasteiger partial charge in [-0.3, -0.25) is 29.8 Å². The Kier molecular flexibility index (Phi) is 17.2. The second kappa shape index (κ2) is 19.7. The van der Waals surface area contributed by atoms with Crippen LogP contribution in [-0.4, -0.2) is 122 Å². The maximum absolute atomic E-state index is 14.7. The Morgan fingerprint density at radius 2 is 1.54 bits per heavy atom. The van der Waals surface area contributed by atoms with E-state index < -0.39 is 80.3 Å². The lowest BCUT2D eigenvalue weighted by molar-refractivity contribution is -0.145. The number of ketones is 1. The van der Waals surface area contributed by atoms with E-state index in [2.05, 4.69) is 34.4 Å². The van der Waals surface area contributed by atoms with Crippen LogP contribution >= 0.6 is 0 Å². The first-order valence-electron chi connectivity index (χ1n) is 19.3. The summed E-state index contributed by atoms with van der Waals surface area (Å²) in [5.41, 5.74) is -1.82. The van der Waals surface area contributed by atoms with E-state index in [0.717, 1.165) is 19.3 Å². The quantitative estimate of drug-likeness (QED) is 0.0627. The topological polar surface area (TPSA) is 177 Å². The normalized spacial score (nSPS) is 21.1. The number of nitrogens with one attached hydrogen (secondary N) is 4. The number of nitrogens with zero attached hydrogens (tertiary/aromatic N) is 3. The van der Waals surface area contributed by atoms with Gasteiger partial charge in [0.1, 0.15) is 12.2 Å². The zero-order chi connectivity index (χ0) is 41.2. The third-order valence-corrected chi connectivity index (χ3v) is 12.7. The van der Waals surface area contributed by atoms with Crippen molar-refractivity contribution in [2.75, 3.05) is 39.8 Å². The molecule has 15 heteroatoms. The number of carbonyl (C=O) groups is 5. The van der Waals surface area contributed by atoms with Gasteiger partial charge in [0.05, 0.1) is 12.1 Å². The van der Waals surface area contributed by atoms with Crippen molar-refractivity contribution in [3.8, 4) is 0 Å². The summed E-state index contributed by atoms with van der Waals surface area (Å²) in [6, 6.07) is -3.56. The van der Waals surface area contributed by atoms with Crippen molar-refractivity contribution in [2.45, 2.75) is 131 Å². The van der Waals surface area contributed by atoms with Gasteiger partial charge in [-0.1, -0.05) is 87.3 Å². The molecule has 0 saturated carbocycles. The Bertz CT molecular complexity index is 1450. The second-order valence-electron chi connectivity index (χ2n) is 17.5. The molecule has 3 amide bonds. The van der Waals surface area contributed by atoms with Crippen LogP contribution in [-0.2, 0) is 34.2 Å². The molecule has 2 aliphatic heterocycles. The fourth-order valence-electron chi connectivity index (χ4n) is 7.12. The van der Waals surface area contributed by atoms with Crippen molar-refractivity contribution >= 4 is 40.0 Å². The molecule has 0 aromatic carbocycles. The fraction of sp³-hybridized carbons (Fsp3) is 0.769. The summed E-state index contributed by atoms with van der Waals surface area (Å²) in [5, 5.41) is 11.8. The average molecular weight is 780 g/mol. The number of amides is 3. The van der Waals surface area contributed by atoms with Crippen molar-refractivity contribution in [3.63, 3.8) is 0 Å². The standard InChI is InChI=1S/C39H69N7O7S/c1-13-19-28(32(48)35(50)40-21-14-2)41-34(49)31-27(39(10,11)15-3)20-24-46(31)36(51)33(38(7,8)9)43-30(26-47)42-29(37(4,5)6)25-44(12)54(52,53)45-22-17-16-18-23-45/h14-15,26-31,33,42-43H,2-3,13,16-25H2,1,4-12H3,(H,40,50)(H,41,49)/t27-,28?,29+,30?,31-,33+/m0/s1. The van der Waals surface area contributed by atoms with Gasteiger partial charge < -0.3 is 20.3 Å².